The normalized spacial score (nSPS) is 13.1. The number of amides is 1. The van der Waals surface area contributed by atoms with Crippen molar-refractivity contribution in [3.05, 3.63) is 134 Å². The number of hydrogen-bond donors (Lipinski definition) is 1. The van der Waals surface area contributed by atoms with E-state index in [4.69, 9.17) is 0 Å². The number of nitrogens with zero attached hydrogens (tertiary/aromatic N) is 1. The van der Waals surface area contributed by atoms with E-state index in [1.807, 2.05) is 6.07 Å². The van der Waals surface area contributed by atoms with E-state index in [1.165, 1.54) is 16.7 Å². The Kier molecular flexibility index (Phi) is 7.51. The molecule has 1 heterocycles. The number of ketones is 2. The van der Waals surface area contributed by atoms with Crippen LogP contribution in [0, 0.1) is 18.6 Å². The lowest BCUT2D eigenvalue weighted by Gasteiger charge is -2.18. The van der Waals surface area contributed by atoms with E-state index in [-0.39, 0.29) is 24.3 Å². The summed E-state index contributed by atoms with van der Waals surface area (Å²) in [5.74, 6) is -3.72. The third-order valence-electron chi connectivity index (χ3n) is 7.17. The molecule has 0 aliphatic heterocycles. The molecule has 1 atom stereocenters. The van der Waals surface area contributed by atoms with Gasteiger partial charge in [-0.25, -0.2) is 8.78 Å². The number of hydrogen-bond acceptors (Lipinski definition) is 4. The first-order valence-corrected chi connectivity index (χ1v) is 12.9. The van der Waals surface area contributed by atoms with Gasteiger partial charge in [-0.2, -0.15) is 0 Å². The number of carbonyl (C=O) groups excluding carboxylic acids is 3. The molecule has 0 spiro atoms. The summed E-state index contributed by atoms with van der Waals surface area (Å²) < 4.78 is 28.4. The summed E-state index contributed by atoms with van der Waals surface area (Å²) in [6, 6.07) is 20.6. The quantitative estimate of drug-likeness (QED) is 0.314. The smallest absolute Gasteiger partial charge is 0.261 e. The second-order valence-electron chi connectivity index (χ2n) is 9.98. The van der Waals surface area contributed by atoms with Crippen LogP contribution in [0.3, 0.4) is 0 Å². The van der Waals surface area contributed by atoms with Crippen LogP contribution in [0.25, 0.3) is 0 Å². The van der Waals surface area contributed by atoms with Gasteiger partial charge in [0.05, 0.1) is 18.0 Å². The monoisotopic (exact) mass is 540 g/mol. The molecule has 1 aromatic heterocycles. The average Bonchev–Trinajstić information content (AvgIpc) is 3.31. The van der Waals surface area contributed by atoms with Gasteiger partial charge >= 0.3 is 0 Å². The van der Waals surface area contributed by atoms with Crippen LogP contribution in [0.2, 0.25) is 0 Å². The molecule has 0 radical (unpaired) electrons. The summed E-state index contributed by atoms with van der Waals surface area (Å²) in [6.07, 6.45) is 0.446. The van der Waals surface area contributed by atoms with Crippen molar-refractivity contribution in [2.75, 3.05) is 5.32 Å². The van der Waals surface area contributed by atoms with Crippen molar-refractivity contribution in [2.45, 2.75) is 38.6 Å². The highest BCUT2D eigenvalue weighted by Crippen LogP contribution is 2.27. The molecule has 0 saturated heterocycles. The van der Waals surface area contributed by atoms with Gasteiger partial charge in [-0.1, -0.05) is 42.5 Å². The predicted octanol–water partition coefficient (Wildman–Crippen LogP) is 5.15. The van der Waals surface area contributed by atoms with E-state index in [1.54, 1.807) is 55.5 Å². The first-order chi connectivity index (χ1) is 19.2. The Morgan fingerprint density at radius 1 is 0.875 bits per heavy atom. The maximum atomic E-state index is 13.7. The van der Waals surface area contributed by atoms with Crippen molar-refractivity contribution >= 4 is 23.2 Å². The van der Waals surface area contributed by atoms with E-state index < -0.39 is 34.8 Å². The molecule has 1 amide bonds. The molecule has 1 N–H and O–H groups in total. The Balaban J connectivity index is 1.41. The van der Waals surface area contributed by atoms with Gasteiger partial charge in [0.1, 0.15) is 5.78 Å². The second-order valence-corrected chi connectivity index (χ2v) is 9.98. The average molecular weight is 541 g/mol. The number of rotatable bonds is 8. The molecule has 0 bridgehead atoms. The minimum atomic E-state index is -1.03. The van der Waals surface area contributed by atoms with Gasteiger partial charge in [-0.05, 0) is 65.6 Å². The van der Waals surface area contributed by atoms with Gasteiger partial charge < -0.3 is 9.88 Å². The van der Waals surface area contributed by atoms with Crippen molar-refractivity contribution in [1.82, 2.24) is 4.57 Å². The molecule has 0 fully saturated rings. The van der Waals surface area contributed by atoms with E-state index in [0.717, 1.165) is 23.3 Å². The Bertz CT molecular complexity index is 1700. The highest BCUT2D eigenvalue weighted by atomic mass is 19.2. The number of aromatic nitrogens is 1. The number of nitrogens with one attached hydrogen (secondary N) is 1. The molecule has 0 unspecified atom stereocenters. The highest BCUT2D eigenvalue weighted by Gasteiger charge is 2.27. The Hall–Kier alpha value is -4.72. The van der Waals surface area contributed by atoms with E-state index in [9.17, 15) is 28.0 Å². The lowest BCUT2D eigenvalue weighted by Crippen LogP contribution is -2.30. The summed E-state index contributed by atoms with van der Waals surface area (Å²) >= 11 is 0. The molecule has 5 rings (SSSR count). The lowest BCUT2D eigenvalue weighted by atomic mass is 9.90. The summed E-state index contributed by atoms with van der Waals surface area (Å²) in [6.45, 7) is 1.63. The van der Waals surface area contributed by atoms with Crippen LogP contribution in [-0.2, 0) is 29.0 Å². The fraction of sp³-hybridized carbons (Fsp3) is 0.188. The van der Waals surface area contributed by atoms with E-state index in [2.05, 4.69) is 5.32 Å². The molecule has 0 saturated carbocycles. The Morgan fingerprint density at radius 3 is 2.38 bits per heavy atom. The van der Waals surface area contributed by atoms with Crippen LogP contribution in [-0.4, -0.2) is 22.0 Å². The SMILES string of the molecule is Cc1ccc(C(=O)C[C@@H](C(=O)Nc2ccc3c(c2)CC(=O)C3)c2ccccc2)c(=O)n1Cc1ccc(F)c(F)c1. The summed E-state index contributed by atoms with van der Waals surface area (Å²) in [4.78, 5) is 52.1. The third kappa shape index (κ3) is 5.66. The van der Waals surface area contributed by atoms with E-state index in [0.29, 0.717) is 35.3 Å². The lowest BCUT2D eigenvalue weighted by molar-refractivity contribution is -0.118. The number of Topliss-reactive ketones (excluding diaryl/α,β-unsaturated/α-hetero) is 2. The van der Waals surface area contributed by atoms with Gasteiger partial charge in [-0.15, -0.1) is 0 Å². The van der Waals surface area contributed by atoms with Gasteiger partial charge in [0, 0.05) is 30.6 Å². The van der Waals surface area contributed by atoms with Crippen LogP contribution in [0.5, 0.6) is 0 Å². The fourth-order valence-electron chi connectivity index (χ4n) is 5.00. The zero-order valence-electron chi connectivity index (χ0n) is 21.7. The van der Waals surface area contributed by atoms with Crippen molar-refractivity contribution in [3.8, 4) is 0 Å². The zero-order valence-corrected chi connectivity index (χ0v) is 21.7. The van der Waals surface area contributed by atoms with Gasteiger partial charge in [0.2, 0.25) is 5.91 Å². The molecular formula is C32H26F2N2O4. The number of anilines is 1. The number of halogens is 2. The van der Waals surface area contributed by atoms with Crippen LogP contribution in [0.15, 0.2) is 83.7 Å². The molecule has 4 aromatic rings. The van der Waals surface area contributed by atoms with Crippen LogP contribution < -0.4 is 10.9 Å². The van der Waals surface area contributed by atoms with Crippen LogP contribution in [0.1, 0.15) is 50.6 Å². The molecule has 8 heteroatoms. The topological polar surface area (TPSA) is 85.2 Å². The fourth-order valence-corrected chi connectivity index (χ4v) is 5.00. The number of pyridine rings is 1. The highest BCUT2D eigenvalue weighted by molar-refractivity contribution is 6.03. The Morgan fingerprint density at radius 2 is 1.62 bits per heavy atom. The number of aryl methyl sites for hydroxylation is 1. The second kappa shape index (κ2) is 11.2. The maximum Gasteiger partial charge on any atom is 0.261 e. The minimum absolute atomic E-state index is 0.0492. The number of fused-ring (bicyclic) bond motifs is 1. The van der Waals surface area contributed by atoms with Crippen molar-refractivity contribution in [1.29, 1.82) is 0 Å². The summed E-state index contributed by atoms with van der Waals surface area (Å²) in [5, 5.41) is 2.87. The minimum Gasteiger partial charge on any atom is -0.326 e. The first kappa shape index (κ1) is 26.9. The largest absolute Gasteiger partial charge is 0.326 e. The van der Waals surface area contributed by atoms with Crippen molar-refractivity contribution in [2.24, 2.45) is 0 Å². The standard InChI is InChI=1S/C32H26F2N2O4/c1-19-7-11-26(32(40)36(19)18-20-8-12-28(33)29(34)13-20)30(38)17-27(21-5-3-2-4-6-21)31(39)35-24-10-9-22-15-25(37)16-23(22)14-24/h2-14,27H,15-18H2,1H3,(H,35,39)/t27-/m1/s1. The molecule has 1 aliphatic carbocycles. The van der Waals surface area contributed by atoms with Crippen LogP contribution >= 0.6 is 0 Å². The van der Waals surface area contributed by atoms with Gasteiger partial charge in [0.25, 0.3) is 5.56 Å². The third-order valence-corrected chi connectivity index (χ3v) is 7.17. The molecule has 202 valence electrons. The number of carbonyl (C=O) groups is 3. The van der Waals surface area contributed by atoms with E-state index >= 15 is 0 Å². The van der Waals surface area contributed by atoms with Gasteiger partial charge in [0.15, 0.2) is 17.4 Å². The van der Waals surface area contributed by atoms with Crippen molar-refractivity contribution < 1.29 is 23.2 Å². The Labute approximate surface area is 229 Å². The molecule has 6 nitrogen and oxygen atoms in total. The zero-order chi connectivity index (χ0) is 28.4. The van der Waals surface area contributed by atoms with Crippen LogP contribution in [0.4, 0.5) is 14.5 Å². The molecule has 3 aromatic carbocycles. The predicted molar refractivity (Wildman–Crippen MR) is 147 cm³/mol. The van der Waals surface area contributed by atoms with Crippen molar-refractivity contribution in [3.63, 3.8) is 0 Å². The summed E-state index contributed by atoms with van der Waals surface area (Å²) in [5.41, 5.74) is 3.18. The van der Waals surface area contributed by atoms with Gasteiger partial charge in [-0.3, -0.25) is 19.2 Å². The number of benzene rings is 3. The summed E-state index contributed by atoms with van der Waals surface area (Å²) in [7, 11) is 0. The molecule has 40 heavy (non-hydrogen) atoms. The maximum absolute atomic E-state index is 13.7. The molecular weight excluding hydrogens is 514 g/mol. The first-order valence-electron chi connectivity index (χ1n) is 12.9. The molecule has 1 aliphatic rings.